The standard InChI is InChI=1S/C29H28ClF3N2O6/c1-37-22-9-18(10-23(13-22)38-2)28(36)35-5-7-40-27-19(15-35)8-17(11-25(27)41-16-21-4-3-6-39-21)26-24(30)12-20(14-34-26)29(31,32)33/h8-14,21H,3-7,15-16H2,1-2H3. The third-order valence-corrected chi connectivity index (χ3v) is 7.16. The number of amides is 1. The molecule has 1 saturated heterocycles. The second-order valence-corrected chi connectivity index (χ2v) is 10.0. The van der Waals surface area contributed by atoms with Crippen LogP contribution in [-0.4, -0.2) is 62.5 Å². The Balaban J connectivity index is 1.52. The first-order valence-electron chi connectivity index (χ1n) is 13.0. The maximum absolute atomic E-state index is 13.6. The molecule has 2 aliphatic heterocycles. The average molecular weight is 593 g/mol. The van der Waals surface area contributed by atoms with Crippen molar-refractivity contribution in [3.63, 3.8) is 0 Å². The van der Waals surface area contributed by atoms with Gasteiger partial charge in [-0.25, -0.2) is 0 Å². The zero-order valence-electron chi connectivity index (χ0n) is 22.4. The molecule has 1 aromatic heterocycles. The molecule has 0 saturated carbocycles. The fourth-order valence-electron chi connectivity index (χ4n) is 4.78. The van der Waals surface area contributed by atoms with Gasteiger partial charge in [-0.15, -0.1) is 0 Å². The number of ether oxygens (including phenoxy) is 5. The number of carbonyl (C=O) groups excluding carboxylic acids is 1. The molecule has 0 N–H and O–H groups in total. The third kappa shape index (κ3) is 6.46. The molecule has 1 atom stereocenters. The Hall–Kier alpha value is -3.70. The van der Waals surface area contributed by atoms with Crippen molar-refractivity contribution in [2.75, 3.05) is 40.6 Å². The number of carbonyl (C=O) groups is 1. The topological polar surface area (TPSA) is 79.4 Å². The van der Waals surface area contributed by atoms with Gasteiger partial charge in [0, 0.05) is 42.1 Å². The Labute approximate surface area is 239 Å². The van der Waals surface area contributed by atoms with Crippen molar-refractivity contribution in [1.29, 1.82) is 0 Å². The van der Waals surface area contributed by atoms with Gasteiger partial charge < -0.3 is 28.6 Å². The van der Waals surface area contributed by atoms with E-state index in [2.05, 4.69) is 4.98 Å². The van der Waals surface area contributed by atoms with Gasteiger partial charge in [-0.05, 0) is 43.2 Å². The number of alkyl halides is 3. The van der Waals surface area contributed by atoms with Crippen LogP contribution in [0.15, 0.2) is 42.6 Å². The van der Waals surface area contributed by atoms with Crippen LogP contribution in [0.3, 0.4) is 0 Å². The van der Waals surface area contributed by atoms with E-state index in [0.717, 1.165) is 25.1 Å². The van der Waals surface area contributed by atoms with Gasteiger partial charge in [0.15, 0.2) is 11.5 Å². The number of hydrogen-bond donors (Lipinski definition) is 0. The van der Waals surface area contributed by atoms with Gasteiger partial charge in [-0.2, -0.15) is 13.2 Å². The van der Waals surface area contributed by atoms with Crippen LogP contribution in [0.25, 0.3) is 11.3 Å². The van der Waals surface area contributed by atoms with Crippen LogP contribution in [0, 0.1) is 0 Å². The number of nitrogens with zero attached hydrogens (tertiary/aromatic N) is 2. The van der Waals surface area contributed by atoms with Gasteiger partial charge in [0.25, 0.3) is 5.91 Å². The molecule has 8 nitrogen and oxygen atoms in total. The zero-order valence-corrected chi connectivity index (χ0v) is 23.2. The van der Waals surface area contributed by atoms with Crippen molar-refractivity contribution < 1.29 is 41.7 Å². The first-order valence-corrected chi connectivity index (χ1v) is 13.3. The summed E-state index contributed by atoms with van der Waals surface area (Å²) in [6.45, 7) is 1.51. The van der Waals surface area contributed by atoms with Crippen LogP contribution in [0.1, 0.15) is 34.3 Å². The molecule has 0 spiro atoms. The number of rotatable bonds is 7. The van der Waals surface area contributed by atoms with E-state index < -0.39 is 11.7 Å². The fraction of sp³-hybridized carbons (Fsp3) is 0.379. The van der Waals surface area contributed by atoms with Gasteiger partial charge >= 0.3 is 6.18 Å². The lowest BCUT2D eigenvalue weighted by Crippen LogP contribution is -2.32. The highest BCUT2D eigenvalue weighted by atomic mass is 35.5. The molecule has 41 heavy (non-hydrogen) atoms. The summed E-state index contributed by atoms with van der Waals surface area (Å²) in [6.07, 6.45) is -2.16. The molecular weight excluding hydrogens is 565 g/mol. The Morgan fingerprint density at radius 2 is 1.85 bits per heavy atom. The normalized spacial score (nSPS) is 16.9. The molecule has 0 radical (unpaired) electrons. The molecule has 2 aromatic carbocycles. The summed E-state index contributed by atoms with van der Waals surface area (Å²) in [7, 11) is 3.00. The van der Waals surface area contributed by atoms with Crippen molar-refractivity contribution >= 4 is 17.5 Å². The summed E-state index contributed by atoms with van der Waals surface area (Å²) in [6, 6.07) is 9.09. The quantitative estimate of drug-likeness (QED) is 0.331. The number of benzene rings is 2. The Morgan fingerprint density at radius 3 is 2.49 bits per heavy atom. The van der Waals surface area contributed by atoms with Crippen LogP contribution < -0.4 is 18.9 Å². The minimum atomic E-state index is -4.59. The monoisotopic (exact) mass is 592 g/mol. The van der Waals surface area contributed by atoms with Gasteiger partial charge in [0.1, 0.15) is 24.7 Å². The van der Waals surface area contributed by atoms with Crippen LogP contribution in [-0.2, 0) is 17.5 Å². The lowest BCUT2D eigenvalue weighted by atomic mass is 10.0. The summed E-state index contributed by atoms with van der Waals surface area (Å²) < 4.78 is 68.2. The zero-order chi connectivity index (χ0) is 29.1. The van der Waals surface area contributed by atoms with Crippen LogP contribution in [0.2, 0.25) is 5.02 Å². The van der Waals surface area contributed by atoms with Crippen molar-refractivity contribution in [3.8, 4) is 34.3 Å². The molecular formula is C29H28ClF3N2O6. The molecule has 1 unspecified atom stereocenters. The van der Waals surface area contributed by atoms with E-state index >= 15 is 0 Å². The lowest BCUT2D eigenvalue weighted by molar-refractivity contribution is -0.137. The molecule has 1 amide bonds. The molecule has 2 aliphatic rings. The minimum absolute atomic E-state index is 0.0889. The highest BCUT2D eigenvalue weighted by Crippen LogP contribution is 2.41. The van der Waals surface area contributed by atoms with Crippen molar-refractivity contribution in [2.24, 2.45) is 0 Å². The number of pyridine rings is 1. The van der Waals surface area contributed by atoms with E-state index in [1.54, 1.807) is 35.2 Å². The second-order valence-electron chi connectivity index (χ2n) is 9.64. The average Bonchev–Trinajstić information content (AvgIpc) is 3.39. The van der Waals surface area contributed by atoms with Crippen LogP contribution in [0.4, 0.5) is 13.2 Å². The number of hydrogen-bond acceptors (Lipinski definition) is 7. The van der Waals surface area contributed by atoms with E-state index in [1.165, 1.54) is 14.2 Å². The predicted molar refractivity (Wildman–Crippen MR) is 144 cm³/mol. The Morgan fingerprint density at radius 1 is 1.10 bits per heavy atom. The molecule has 3 aromatic rings. The summed E-state index contributed by atoms with van der Waals surface area (Å²) in [4.78, 5) is 19.2. The predicted octanol–water partition coefficient (Wildman–Crippen LogP) is 6.03. The highest BCUT2D eigenvalue weighted by Gasteiger charge is 2.32. The molecule has 5 rings (SSSR count). The Kier molecular flexibility index (Phi) is 8.46. The summed E-state index contributed by atoms with van der Waals surface area (Å²) in [5.74, 6) is 1.46. The van der Waals surface area contributed by atoms with E-state index in [9.17, 15) is 18.0 Å². The summed E-state index contributed by atoms with van der Waals surface area (Å²) >= 11 is 6.29. The first kappa shape index (κ1) is 28.8. The van der Waals surface area contributed by atoms with E-state index in [0.29, 0.717) is 46.3 Å². The summed E-state index contributed by atoms with van der Waals surface area (Å²) in [5.41, 5.74) is 0.561. The lowest BCUT2D eigenvalue weighted by Gasteiger charge is -2.21. The molecule has 218 valence electrons. The van der Waals surface area contributed by atoms with Crippen molar-refractivity contribution in [3.05, 3.63) is 64.3 Å². The Bertz CT molecular complexity index is 1410. The second kappa shape index (κ2) is 12.0. The largest absolute Gasteiger partial charge is 0.497 e. The SMILES string of the molecule is COc1cc(OC)cc(C(=O)N2CCOc3c(cc(-c4ncc(C(F)(F)F)cc4Cl)cc3OCC3CCCO3)C2)c1. The first-order chi connectivity index (χ1) is 19.7. The number of halogens is 4. The van der Waals surface area contributed by atoms with Gasteiger partial charge in [0.2, 0.25) is 0 Å². The molecule has 0 aliphatic carbocycles. The van der Waals surface area contributed by atoms with E-state index in [-0.39, 0.29) is 49.0 Å². The molecule has 3 heterocycles. The van der Waals surface area contributed by atoms with E-state index in [1.807, 2.05) is 0 Å². The van der Waals surface area contributed by atoms with Crippen molar-refractivity contribution in [2.45, 2.75) is 31.7 Å². The van der Waals surface area contributed by atoms with Crippen molar-refractivity contribution in [1.82, 2.24) is 9.88 Å². The highest BCUT2D eigenvalue weighted by molar-refractivity contribution is 6.33. The van der Waals surface area contributed by atoms with Gasteiger partial charge in [0.05, 0.1) is 43.1 Å². The third-order valence-electron chi connectivity index (χ3n) is 6.88. The number of aromatic nitrogens is 1. The molecule has 1 fully saturated rings. The number of fused-ring (bicyclic) bond motifs is 1. The maximum atomic E-state index is 13.6. The fourth-order valence-corrected chi connectivity index (χ4v) is 5.05. The summed E-state index contributed by atoms with van der Waals surface area (Å²) in [5, 5.41) is -0.171. The van der Waals surface area contributed by atoms with E-state index in [4.69, 9.17) is 35.3 Å². The maximum Gasteiger partial charge on any atom is 0.417 e. The molecule has 12 heteroatoms. The number of methoxy groups -OCH3 is 2. The van der Waals surface area contributed by atoms with Crippen LogP contribution >= 0.6 is 11.6 Å². The van der Waals surface area contributed by atoms with Gasteiger partial charge in [-0.1, -0.05) is 11.6 Å². The molecule has 0 bridgehead atoms. The van der Waals surface area contributed by atoms with Gasteiger partial charge in [-0.3, -0.25) is 9.78 Å². The van der Waals surface area contributed by atoms with Crippen LogP contribution in [0.5, 0.6) is 23.0 Å². The smallest absolute Gasteiger partial charge is 0.417 e. The minimum Gasteiger partial charge on any atom is -0.497 e.